The zero-order valence-corrected chi connectivity index (χ0v) is 13.1. The first-order valence-corrected chi connectivity index (χ1v) is 7.56. The summed E-state index contributed by atoms with van der Waals surface area (Å²) < 4.78 is 0.988. The van der Waals surface area contributed by atoms with Gasteiger partial charge < -0.3 is 10.2 Å². The van der Waals surface area contributed by atoms with Crippen LogP contribution in [0.2, 0.25) is 0 Å². The first kappa shape index (κ1) is 15.2. The summed E-state index contributed by atoms with van der Waals surface area (Å²) in [7, 11) is 1.53. The number of carbonyl (C=O) groups is 1. The van der Waals surface area contributed by atoms with Crippen LogP contribution in [-0.2, 0) is 4.84 Å². The van der Waals surface area contributed by atoms with Gasteiger partial charge in [0.2, 0.25) is 0 Å². The van der Waals surface area contributed by atoms with Crippen LogP contribution >= 0.6 is 11.3 Å². The quantitative estimate of drug-likeness (QED) is 0.658. The summed E-state index contributed by atoms with van der Waals surface area (Å²) in [6, 6.07) is 5.57. The van der Waals surface area contributed by atoms with Crippen LogP contribution in [0.4, 0.5) is 9.93 Å². The van der Waals surface area contributed by atoms with Crippen molar-refractivity contribution in [3.05, 3.63) is 23.8 Å². The second-order valence-electron chi connectivity index (χ2n) is 4.23. The molecule has 0 radical (unpaired) electrons. The molecule has 0 atom stereocenters. The van der Waals surface area contributed by atoms with Gasteiger partial charge in [-0.25, -0.2) is 9.78 Å². The number of hydrogen-bond acceptors (Lipinski definition) is 5. The Bertz CT molecular complexity index is 666. The van der Waals surface area contributed by atoms with E-state index in [0.717, 1.165) is 27.9 Å². The van der Waals surface area contributed by atoms with E-state index in [9.17, 15) is 4.79 Å². The summed E-state index contributed by atoms with van der Waals surface area (Å²) in [5, 5.41) is 10.0. The van der Waals surface area contributed by atoms with Crippen LogP contribution in [0.3, 0.4) is 0 Å². The van der Waals surface area contributed by atoms with E-state index in [1.807, 2.05) is 32.0 Å². The number of carbonyl (C=O) groups excluding carboxylic acids is 1. The summed E-state index contributed by atoms with van der Waals surface area (Å²) in [6.45, 7) is 4.46. The number of oxime groups is 1. The number of aromatic nitrogens is 1. The van der Waals surface area contributed by atoms with Crippen LogP contribution in [0.15, 0.2) is 23.4 Å². The lowest BCUT2D eigenvalue weighted by Gasteiger charge is -2.03. The molecule has 0 bridgehead atoms. The predicted molar refractivity (Wildman–Crippen MR) is 86.2 cm³/mol. The molecule has 1 heterocycles. The number of thiazole rings is 1. The van der Waals surface area contributed by atoms with E-state index in [4.69, 9.17) is 4.84 Å². The Balaban J connectivity index is 2.39. The van der Waals surface area contributed by atoms with Gasteiger partial charge in [0.15, 0.2) is 5.13 Å². The number of urea groups is 1. The maximum absolute atomic E-state index is 11.6. The third kappa shape index (κ3) is 3.49. The molecule has 0 aliphatic carbocycles. The molecule has 0 aliphatic rings. The molecule has 0 fully saturated rings. The molecule has 21 heavy (non-hydrogen) atoms. The molecule has 112 valence electrons. The van der Waals surface area contributed by atoms with Gasteiger partial charge in [0.1, 0.15) is 7.11 Å². The smallest absolute Gasteiger partial charge is 0.321 e. The fraction of sp³-hybridized carbons (Fsp3) is 0.357. The topological polar surface area (TPSA) is 75.6 Å². The number of nitrogens with one attached hydrogen (secondary N) is 2. The number of rotatable bonds is 5. The van der Waals surface area contributed by atoms with Crippen molar-refractivity contribution in [2.75, 3.05) is 19.0 Å². The maximum Gasteiger partial charge on any atom is 0.321 e. The number of anilines is 1. The van der Waals surface area contributed by atoms with E-state index in [0.29, 0.717) is 11.7 Å². The van der Waals surface area contributed by atoms with Crippen molar-refractivity contribution in [2.45, 2.75) is 20.3 Å². The molecule has 0 saturated carbocycles. The van der Waals surface area contributed by atoms with E-state index in [2.05, 4.69) is 20.8 Å². The van der Waals surface area contributed by atoms with Crippen molar-refractivity contribution in [1.29, 1.82) is 0 Å². The van der Waals surface area contributed by atoms with Crippen molar-refractivity contribution in [3.63, 3.8) is 0 Å². The van der Waals surface area contributed by atoms with Gasteiger partial charge in [0.25, 0.3) is 0 Å². The minimum Gasteiger partial charge on any atom is -0.399 e. The molecule has 0 saturated heterocycles. The van der Waals surface area contributed by atoms with Crippen LogP contribution < -0.4 is 10.6 Å². The Hall–Kier alpha value is -2.15. The van der Waals surface area contributed by atoms with Gasteiger partial charge in [-0.05, 0) is 19.4 Å². The molecule has 0 aliphatic heterocycles. The van der Waals surface area contributed by atoms with Gasteiger partial charge in [0.05, 0.1) is 15.9 Å². The zero-order valence-electron chi connectivity index (χ0n) is 12.3. The lowest BCUT2D eigenvalue weighted by molar-refractivity contribution is 0.213. The van der Waals surface area contributed by atoms with Crippen molar-refractivity contribution in [3.8, 4) is 0 Å². The molecule has 0 unspecified atom stereocenters. The Morgan fingerprint density at radius 3 is 2.90 bits per heavy atom. The van der Waals surface area contributed by atoms with Gasteiger partial charge >= 0.3 is 6.03 Å². The zero-order chi connectivity index (χ0) is 15.2. The number of nitrogens with zero attached hydrogens (tertiary/aromatic N) is 2. The standard InChI is InChI=1S/C14H18N4O2S/c1-4-10(18-20-3)9-7-6-8-11-12(9)21-14(16-11)17-13(19)15-5-2/h6-8H,4-5H2,1-3H3,(H2,15,16,17,19). The highest BCUT2D eigenvalue weighted by molar-refractivity contribution is 7.22. The number of fused-ring (bicyclic) bond motifs is 1. The van der Waals surface area contributed by atoms with Crippen molar-refractivity contribution < 1.29 is 9.63 Å². The fourth-order valence-electron chi connectivity index (χ4n) is 1.95. The second kappa shape index (κ2) is 7.03. The molecule has 7 heteroatoms. The van der Waals surface area contributed by atoms with Crippen LogP contribution in [-0.4, -0.2) is 30.4 Å². The predicted octanol–water partition coefficient (Wildman–Crippen LogP) is 3.20. The van der Waals surface area contributed by atoms with E-state index in [1.165, 1.54) is 18.4 Å². The van der Waals surface area contributed by atoms with Crippen LogP contribution in [0.25, 0.3) is 10.2 Å². The Morgan fingerprint density at radius 1 is 1.43 bits per heavy atom. The Morgan fingerprint density at radius 2 is 2.24 bits per heavy atom. The van der Waals surface area contributed by atoms with Gasteiger partial charge in [-0.3, -0.25) is 5.32 Å². The minimum absolute atomic E-state index is 0.251. The molecule has 1 aromatic carbocycles. The van der Waals surface area contributed by atoms with Gasteiger partial charge in [-0.15, -0.1) is 0 Å². The molecular weight excluding hydrogens is 288 g/mol. The first-order valence-electron chi connectivity index (χ1n) is 6.74. The monoisotopic (exact) mass is 306 g/mol. The molecule has 2 aromatic rings. The Kier molecular flexibility index (Phi) is 5.10. The minimum atomic E-state index is -0.251. The number of amides is 2. The van der Waals surface area contributed by atoms with Crippen molar-refractivity contribution >= 4 is 38.4 Å². The molecule has 6 nitrogen and oxygen atoms in total. The Labute approximate surface area is 127 Å². The normalized spacial score (nSPS) is 11.5. The van der Waals surface area contributed by atoms with E-state index in [1.54, 1.807) is 0 Å². The SMILES string of the molecule is CCNC(=O)Nc1nc2cccc(C(CC)=NOC)c2s1. The molecule has 2 rings (SSSR count). The number of benzene rings is 1. The summed E-state index contributed by atoms with van der Waals surface area (Å²) in [5.74, 6) is 0. The summed E-state index contributed by atoms with van der Waals surface area (Å²) >= 11 is 1.43. The molecule has 2 amide bonds. The lowest BCUT2D eigenvalue weighted by Crippen LogP contribution is -2.28. The highest BCUT2D eigenvalue weighted by Crippen LogP contribution is 2.30. The summed E-state index contributed by atoms with van der Waals surface area (Å²) in [6.07, 6.45) is 0.754. The lowest BCUT2D eigenvalue weighted by atomic mass is 10.1. The van der Waals surface area contributed by atoms with Crippen molar-refractivity contribution in [1.82, 2.24) is 10.3 Å². The fourth-order valence-corrected chi connectivity index (χ4v) is 2.94. The highest BCUT2D eigenvalue weighted by Gasteiger charge is 2.13. The summed E-state index contributed by atoms with van der Waals surface area (Å²) in [5.41, 5.74) is 2.68. The third-order valence-electron chi connectivity index (χ3n) is 2.82. The molecule has 0 spiro atoms. The molecular formula is C14H18N4O2S. The molecule has 1 aromatic heterocycles. The van der Waals surface area contributed by atoms with Gasteiger partial charge in [0, 0.05) is 12.1 Å². The first-order chi connectivity index (χ1) is 10.2. The second-order valence-corrected chi connectivity index (χ2v) is 5.23. The number of hydrogen-bond donors (Lipinski definition) is 2. The highest BCUT2D eigenvalue weighted by atomic mass is 32.1. The van der Waals surface area contributed by atoms with Crippen LogP contribution in [0.1, 0.15) is 25.8 Å². The molecule has 2 N–H and O–H groups in total. The largest absolute Gasteiger partial charge is 0.399 e. The van der Waals surface area contributed by atoms with E-state index >= 15 is 0 Å². The average Bonchev–Trinajstić information content (AvgIpc) is 2.87. The van der Waals surface area contributed by atoms with Crippen molar-refractivity contribution in [2.24, 2.45) is 5.16 Å². The summed E-state index contributed by atoms with van der Waals surface area (Å²) in [4.78, 5) is 20.9. The van der Waals surface area contributed by atoms with Crippen LogP contribution in [0, 0.1) is 0 Å². The van der Waals surface area contributed by atoms with E-state index < -0.39 is 0 Å². The van der Waals surface area contributed by atoms with Gasteiger partial charge in [-0.2, -0.15) is 0 Å². The average molecular weight is 306 g/mol. The van der Waals surface area contributed by atoms with Crippen LogP contribution in [0.5, 0.6) is 0 Å². The van der Waals surface area contributed by atoms with E-state index in [-0.39, 0.29) is 6.03 Å². The maximum atomic E-state index is 11.6. The third-order valence-corrected chi connectivity index (χ3v) is 3.84. The van der Waals surface area contributed by atoms with Gasteiger partial charge in [-0.1, -0.05) is 35.5 Å².